The van der Waals surface area contributed by atoms with Crippen LogP contribution < -0.4 is 11.3 Å². The lowest BCUT2D eigenvalue weighted by atomic mass is 10.0. The second-order valence-corrected chi connectivity index (χ2v) is 5.58. The lowest BCUT2D eigenvalue weighted by Gasteiger charge is -2.18. The first kappa shape index (κ1) is 15.2. The van der Waals surface area contributed by atoms with Crippen LogP contribution in [0.15, 0.2) is 22.8 Å². The minimum absolute atomic E-state index is 0.0334. The lowest BCUT2D eigenvalue weighted by Crippen LogP contribution is -2.31. The van der Waals surface area contributed by atoms with Crippen molar-refractivity contribution in [2.24, 2.45) is 5.84 Å². The SMILES string of the molecule is CCn1nc(C)c(Br)c1CC(NN)c1ncccc1C. The van der Waals surface area contributed by atoms with Gasteiger partial charge in [0, 0.05) is 19.2 Å². The zero-order valence-electron chi connectivity index (χ0n) is 12.0. The van der Waals surface area contributed by atoms with E-state index in [1.165, 1.54) is 0 Å². The fourth-order valence-corrected chi connectivity index (χ4v) is 2.80. The van der Waals surface area contributed by atoms with Crippen LogP contribution in [0.25, 0.3) is 0 Å². The Balaban J connectivity index is 2.34. The van der Waals surface area contributed by atoms with Gasteiger partial charge in [-0.3, -0.25) is 20.9 Å². The van der Waals surface area contributed by atoms with Gasteiger partial charge in [0.2, 0.25) is 0 Å². The van der Waals surface area contributed by atoms with Gasteiger partial charge in [0.1, 0.15) is 0 Å². The van der Waals surface area contributed by atoms with Crippen LogP contribution in [0.3, 0.4) is 0 Å². The van der Waals surface area contributed by atoms with Gasteiger partial charge in [0.25, 0.3) is 0 Å². The average Bonchev–Trinajstić information content (AvgIpc) is 2.73. The molecule has 0 aliphatic heterocycles. The van der Waals surface area contributed by atoms with Crippen molar-refractivity contribution in [1.29, 1.82) is 0 Å². The molecule has 0 fully saturated rings. The van der Waals surface area contributed by atoms with Crippen molar-refractivity contribution in [3.05, 3.63) is 45.4 Å². The predicted molar refractivity (Wildman–Crippen MR) is 83.1 cm³/mol. The summed E-state index contributed by atoms with van der Waals surface area (Å²) in [5.41, 5.74) is 7.11. The molecule has 0 aliphatic carbocycles. The lowest BCUT2D eigenvalue weighted by molar-refractivity contribution is 0.504. The van der Waals surface area contributed by atoms with Gasteiger partial charge in [-0.2, -0.15) is 5.10 Å². The van der Waals surface area contributed by atoms with Crippen LogP contribution in [0.4, 0.5) is 0 Å². The number of pyridine rings is 1. The van der Waals surface area contributed by atoms with Gasteiger partial charge in [-0.1, -0.05) is 6.07 Å². The van der Waals surface area contributed by atoms with E-state index in [1.807, 2.05) is 30.7 Å². The van der Waals surface area contributed by atoms with Gasteiger partial charge < -0.3 is 0 Å². The number of hydrogen-bond donors (Lipinski definition) is 2. The van der Waals surface area contributed by atoms with E-state index in [9.17, 15) is 0 Å². The number of nitrogens with two attached hydrogens (primary N) is 1. The fraction of sp³-hybridized carbons (Fsp3) is 0.429. The summed E-state index contributed by atoms with van der Waals surface area (Å²) in [4.78, 5) is 4.45. The van der Waals surface area contributed by atoms with Crippen LogP contribution in [-0.4, -0.2) is 14.8 Å². The molecule has 2 aromatic rings. The van der Waals surface area contributed by atoms with Gasteiger partial charge >= 0.3 is 0 Å². The Labute approximate surface area is 127 Å². The summed E-state index contributed by atoms with van der Waals surface area (Å²) in [6, 6.07) is 3.95. The molecule has 20 heavy (non-hydrogen) atoms. The van der Waals surface area contributed by atoms with Gasteiger partial charge in [-0.05, 0) is 48.3 Å². The number of halogens is 1. The van der Waals surface area contributed by atoms with E-state index in [0.29, 0.717) is 0 Å². The minimum Gasteiger partial charge on any atom is -0.271 e. The Morgan fingerprint density at radius 3 is 2.80 bits per heavy atom. The van der Waals surface area contributed by atoms with E-state index >= 15 is 0 Å². The Kier molecular flexibility index (Phi) is 4.91. The number of rotatable bonds is 5. The highest BCUT2D eigenvalue weighted by molar-refractivity contribution is 9.10. The number of aromatic nitrogens is 3. The normalized spacial score (nSPS) is 12.7. The second-order valence-electron chi connectivity index (χ2n) is 4.79. The molecule has 1 unspecified atom stereocenters. The Morgan fingerprint density at radius 1 is 1.45 bits per heavy atom. The highest BCUT2D eigenvalue weighted by atomic mass is 79.9. The highest BCUT2D eigenvalue weighted by Crippen LogP contribution is 2.26. The molecule has 2 aromatic heterocycles. The summed E-state index contributed by atoms with van der Waals surface area (Å²) in [6.45, 7) is 6.96. The van der Waals surface area contributed by atoms with E-state index in [-0.39, 0.29) is 6.04 Å². The molecule has 3 N–H and O–H groups in total. The summed E-state index contributed by atoms with van der Waals surface area (Å²) >= 11 is 3.62. The van der Waals surface area contributed by atoms with Crippen molar-refractivity contribution in [3.63, 3.8) is 0 Å². The molecule has 6 heteroatoms. The van der Waals surface area contributed by atoms with E-state index < -0.39 is 0 Å². The van der Waals surface area contributed by atoms with E-state index in [4.69, 9.17) is 5.84 Å². The van der Waals surface area contributed by atoms with Crippen LogP contribution in [-0.2, 0) is 13.0 Å². The molecule has 2 rings (SSSR count). The van der Waals surface area contributed by atoms with Gasteiger partial charge in [0.05, 0.1) is 27.6 Å². The predicted octanol–water partition coefficient (Wildman–Crippen LogP) is 2.42. The van der Waals surface area contributed by atoms with Gasteiger partial charge in [-0.15, -0.1) is 0 Å². The monoisotopic (exact) mass is 337 g/mol. The molecule has 0 radical (unpaired) electrons. The molecule has 0 spiro atoms. The molecule has 0 aromatic carbocycles. The molecule has 5 nitrogen and oxygen atoms in total. The highest BCUT2D eigenvalue weighted by Gasteiger charge is 2.20. The molecule has 0 bridgehead atoms. The van der Waals surface area contributed by atoms with Gasteiger partial charge in [0.15, 0.2) is 0 Å². The number of hydrogen-bond acceptors (Lipinski definition) is 4. The average molecular weight is 338 g/mol. The van der Waals surface area contributed by atoms with Crippen LogP contribution in [0.1, 0.15) is 35.6 Å². The van der Waals surface area contributed by atoms with Crippen LogP contribution in [0, 0.1) is 13.8 Å². The zero-order valence-corrected chi connectivity index (χ0v) is 13.6. The van der Waals surface area contributed by atoms with Crippen molar-refractivity contribution >= 4 is 15.9 Å². The topological polar surface area (TPSA) is 68.8 Å². The largest absolute Gasteiger partial charge is 0.271 e. The van der Waals surface area contributed by atoms with E-state index in [1.54, 1.807) is 6.20 Å². The third-order valence-electron chi connectivity index (χ3n) is 3.43. The number of nitrogens with zero attached hydrogens (tertiary/aromatic N) is 3. The Hall–Kier alpha value is -1.24. The third kappa shape index (κ3) is 2.92. The molecule has 2 heterocycles. The maximum Gasteiger partial charge on any atom is 0.0738 e. The molecular weight excluding hydrogens is 318 g/mol. The first-order valence-electron chi connectivity index (χ1n) is 6.67. The van der Waals surface area contributed by atoms with Crippen molar-refractivity contribution < 1.29 is 0 Å². The Bertz CT molecular complexity index is 593. The number of aryl methyl sites for hydroxylation is 3. The molecule has 0 saturated carbocycles. The summed E-state index contributed by atoms with van der Waals surface area (Å²) in [5.74, 6) is 5.73. The Morgan fingerprint density at radius 2 is 2.20 bits per heavy atom. The van der Waals surface area contributed by atoms with Crippen LogP contribution in [0.5, 0.6) is 0 Å². The molecule has 0 aliphatic rings. The standard InChI is InChI=1S/C14H20BrN5/c1-4-20-12(13(15)10(3)19-20)8-11(18-16)14-9(2)6-5-7-17-14/h5-7,11,18H,4,8,16H2,1-3H3. The molecule has 0 saturated heterocycles. The maximum atomic E-state index is 5.73. The quantitative estimate of drug-likeness (QED) is 0.649. The van der Waals surface area contributed by atoms with Crippen LogP contribution in [0.2, 0.25) is 0 Å². The van der Waals surface area contributed by atoms with E-state index in [2.05, 4.69) is 38.4 Å². The van der Waals surface area contributed by atoms with E-state index in [0.717, 1.165) is 40.1 Å². The second kappa shape index (κ2) is 6.47. The summed E-state index contributed by atoms with van der Waals surface area (Å²) in [6.07, 6.45) is 2.54. The maximum absolute atomic E-state index is 5.73. The summed E-state index contributed by atoms with van der Waals surface area (Å²) < 4.78 is 3.05. The molecule has 108 valence electrons. The van der Waals surface area contributed by atoms with Crippen molar-refractivity contribution in [2.45, 2.75) is 39.8 Å². The first-order valence-corrected chi connectivity index (χ1v) is 7.47. The van der Waals surface area contributed by atoms with Crippen molar-refractivity contribution in [2.75, 3.05) is 0 Å². The van der Waals surface area contributed by atoms with Crippen LogP contribution >= 0.6 is 15.9 Å². The molecule has 0 amide bonds. The third-order valence-corrected chi connectivity index (χ3v) is 4.46. The number of nitrogens with one attached hydrogen (secondary N) is 1. The van der Waals surface area contributed by atoms with Crippen molar-refractivity contribution in [3.8, 4) is 0 Å². The van der Waals surface area contributed by atoms with Crippen molar-refractivity contribution in [1.82, 2.24) is 20.2 Å². The summed E-state index contributed by atoms with van der Waals surface area (Å²) in [7, 11) is 0. The minimum atomic E-state index is -0.0334. The summed E-state index contributed by atoms with van der Waals surface area (Å²) in [5, 5.41) is 4.51. The fourth-order valence-electron chi connectivity index (χ4n) is 2.35. The zero-order chi connectivity index (χ0) is 14.7. The molecular formula is C14H20BrN5. The number of hydrazine groups is 1. The molecule has 1 atom stereocenters. The first-order chi connectivity index (χ1) is 9.58. The van der Waals surface area contributed by atoms with Gasteiger partial charge in [-0.25, -0.2) is 0 Å². The smallest absolute Gasteiger partial charge is 0.0738 e.